The lowest BCUT2D eigenvalue weighted by atomic mass is 9.97. The van der Waals surface area contributed by atoms with Gasteiger partial charge in [0.05, 0.1) is 17.6 Å². The fourth-order valence-electron chi connectivity index (χ4n) is 4.20. The number of aromatic nitrogens is 2. The van der Waals surface area contributed by atoms with Crippen molar-refractivity contribution in [1.29, 1.82) is 0 Å². The fourth-order valence-corrected chi connectivity index (χ4v) is 6.43. The largest absolute Gasteiger partial charge is 0.329 e. The Balaban J connectivity index is 1.50. The van der Waals surface area contributed by atoms with Crippen molar-refractivity contribution < 1.29 is 14.0 Å². The second kappa shape index (κ2) is 8.67. The minimum Gasteiger partial charge on any atom is -0.329 e. The zero-order valence-corrected chi connectivity index (χ0v) is 18.9. The molecule has 0 spiro atoms. The third-order valence-electron chi connectivity index (χ3n) is 5.75. The Labute approximate surface area is 191 Å². The molecule has 0 radical (unpaired) electrons. The highest BCUT2D eigenvalue weighted by molar-refractivity contribution is 7.99. The first-order valence-electron chi connectivity index (χ1n) is 10.6. The Hall–Kier alpha value is -2.72. The lowest BCUT2D eigenvalue weighted by molar-refractivity contribution is -0.124. The van der Waals surface area contributed by atoms with Crippen LogP contribution in [-0.2, 0) is 17.6 Å². The van der Waals surface area contributed by atoms with Gasteiger partial charge in [-0.25, -0.2) is 14.2 Å². The number of hydrogen-bond donors (Lipinski definition) is 1. The molecule has 0 atom stereocenters. The predicted molar refractivity (Wildman–Crippen MR) is 122 cm³/mol. The van der Waals surface area contributed by atoms with Crippen LogP contribution in [0.15, 0.2) is 34.2 Å². The van der Waals surface area contributed by atoms with Gasteiger partial charge in [0, 0.05) is 17.2 Å². The monoisotopic (exact) mass is 472 g/mol. The molecule has 3 amide bonds. The van der Waals surface area contributed by atoms with Crippen LogP contribution in [0.25, 0.3) is 15.9 Å². The van der Waals surface area contributed by atoms with Crippen LogP contribution in [0.3, 0.4) is 0 Å². The summed E-state index contributed by atoms with van der Waals surface area (Å²) in [4.78, 5) is 44.9. The number of fused-ring (bicyclic) bond motifs is 3. The molecule has 5 rings (SSSR count). The number of carbonyl (C=O) groups excluding carboxylic acids is 2. The molecule has 1 aromatic carbocycles. The summed E-state index contributed by atoms with van der Waals surface area (Å²) in [6, 6.07) is 5.82. The van der Waals surface area contributed by atoms with Gasteiger partial charge in [-0.05, 0) is 49.8 Å². The van der Waals surface area contributed by atoms with Gasteiger partial charge in [0.2, 0.25) is 5.91 Å². The van der Waals surface area contributed by atoms with Crippen LogP contribution in [0.1, 0.15) is 29.7 Å². The number of para-hydroxylation sites is 1. The molecule has 7 nitrogen and oxygen atoms in total. The van der Waals surface area contributed by atoms with E-state index in [0.717, 1.165) is 31.2 Å². The van der Waals surface area contributed by atoms with Crippen molar-refractivity contribution in [1.82, 2.24) is 19.8 Å². The second-order valence-electron chi connectivity index (χ2n) is 7.78. The third-order valence-corrected chi connectivity index (χ3v) is 7.96. The highest BCUT2D eigenvalue weighted by atomic mass is 32.2. The Morgan fingerprint density at radius 2 is 1.97 bits per heavy atom. The van der Waals surface area contributed by atoms with E-state index in [1.807, 2.05) is 0 Å². The summed E-state index contributed by atoms with van der Waals surface area (Å²) in [5.74, 6) is -0.206. The molecule has 0 unspecified atom stereocenters. The molecule has 0 saturated carbocycles. The van der Waals surface area contributed by atoms with Gasteiger partial charge in [-0.15, -0.1) is 11.3 Å². The molecule has 1 fully saturated rings. The summed E-state index contributed by atoms with van der Waals surface area (Å²) < 4.78 is 16.1. The molecule has 32 heavy (non-hydrogen) atoms. The normalized spacial score (nSPS) is 16.0. The molecular weight excluding hydrogens is 451 g/mol. The zero-order valence-electron chi connectivity index (χ0n) is 17.2. The Morgan fingerprint density at radius 3 is 2.75 bits per heavy atom. The van der Waals surface area contributed by atoms with Gasteiger partial charge >= 0.3 is 6.03 Å². The molecule has 2 aromatic heterocycles. The van der Waals surface area contributed by atoms with Gasteiger partial charge in [-0.1, -0.05) is 23.9 Å². The number of benzene rings is 1. The lowest BCUT2D eigenvalue weighted by Gasteiger charge is -2.15. The molecule has 1 aliphatic carbocycles. The molecule has 166 valence electrons. The van der Waals surface area contributed by atoms with Crippen LogP contribution in [0.2, 0.25) is 0 Å². The summed E-state index contributed by atoms with van der Waals surface area (Å²) in [7, 11) is 0. The number of thioether (sulfide) groups is 1. The van der Waals surface area contributed by atoms with Crippen molar-refractivity contribution in [3.63, 3.8) is 0 Å². The smallest absolute Gasteiger partial charge is 0.324 e. The number of nitrogens with one attached hydrogen (secondary N) is 1. The van der Waals surface area contributed by atoms with E-state index >= 15 is 0 Å². The number of urea groups is 1. The van der Waals surface area contributed by atoms with Gasteiger partial charge in [0.15, 0.2) is 5.16 Å². The second-order valence-corrected chi connectivity index (χ2v) is 9.93. The predicted octanol–water partition coefficient (Wildman–Crippen LogP) is 3.50. The third kappa shape index (κ3) is 3.71. The standard InChI is InChI=1S/C22H21FN4O3S2/c23-14-7-2-3-8-15(14)27-20(29)18-13-6-1-4-9-16(13)32-19(18)25-22(27)31-11-5-10-26-17(28)12-24-21(26)30/h2-3,7-8H,1,4-6,9-12H2,(H,24,30). The lowest BCUT2D eigenvalue weighted by Crippen LogP contribution is -2.32. The Morgan fingerprint density at radius 1 is 1.16 bits per heavy atom. The summed E-state index contributed by atoms with van der Waals surface area (Å²) in [6.07, 6.45) is 4.48. The Bertz CT molecular complexity index is 1270. The van der Waals surface area contributed by atoms with Gasteiger partial charge in [0.1, 0.15) is 10.6 Å². The minimum absolute atomic E-state index is 0.0278. The van der Waals surface area contributed by atoms with Crippen LogP contribution in [0.4, 0.5) is 9.18 Å². The zero-order chi connectivity index (χ0) is 22.2. The average Bonchev–Trinajstić information content (AvgIpc) is 3.32. The van der Waals surface area contributed by atoms with Crippen molar-refractivity contribution in [3.8, 4) is 5.69 Å². The molecule has 1 aliphatic heterocycles. The number of hydrogen-bond acceptors (Lipinski definition) is 6. The maximum atomic E-state index is 14.7. The molecule has 3 heterocycles. The SMILES string of the molecule is O=C1CNC(=O)N1CCCSc1nc2sc3c(c2c(=O)n1-c1ccccc1F)CCCC3. The average molecular weight is 473 g/mol. The van der Waals surface area contributed by atoms with Gasteiger partial charge in [-0.2, -0.15) is 0 Å². The first kappa shape index (κ1) is 21.1. The minimum atomic E-state index is -0.485. The van der Waals surface area contributed by atoms with Crippen molar-refractivity contribution in [2.75, 3.05) is 18.8 Å². The van der Waals surface area contributed by atoms with Crippen molar-refractivity contribution in [3.05, 3.63) is 50.9 Å². The van der Waals surface area contributed by atoms with Gasteiger partial charge < -0.3 is 5.32 Å². The van der Waals surface area contributed by atoms with E-state index < -0.39 is 5.82 Å². The molecule has 1 N–H and O–H groups in total. The first-order chi connectivity index (χ1) is 15.5. The van der Waals surface area contributed by atoms with E-state index in [1.54, 1.807) is 29.5 Å². The van der Waals surface area contributed by atoms with Crippen LogP contribution in [-0.4, -0.2) is 45.2 Å². The molecule has 10 heteroatoms. The number of nitrogens with zero attached hydrogens (tertiary/aromatic N) is 3. The molecule has 3 aromatic rings. The van der Waals surface area contributed by atoms with Crippen molar-refractivity contribution >= 4 is 45.3 Å². The van der Waals surface area contributed by atoms with Crippen LogP contribution in [0, 0.1) is 5.82 Å². The number of rotatable bonds is 6. The first-order valence-corrected chi connectivity index (χ1v) is 12.4. The number of carbonyl (C=O) groups is 2. The topological polar surface area (TPSA) is 84.3 Å². The number of imide groups is 1. The van der Waals surface area contributed by atoms with E-state index in [9.17, 15) is 18.8 Å². The quantitative estimate of drug-likeness (QED) is 0.257. The summed E-state index contributed by atoms with van der Waals surface area (Å²) in [5, 5.41) is 3.53. The number of amides is 3. The van der Waals surface area contributed by atoms with E-state index in [-0.39, 0.29) is 36.3 Å². The number of thiophene rings is 1. The van der Waals surface area contributed by atoms with Crippen molar-refractivity contribution in [2.45, 2.75) is 37.3 Å². The maximum absolute atomic E-state index is 14.7. The molecule has 2 aliphatic rings. The highest BCUT2D eigenvalue weighted by Gasteiger charge is 2.28. The number of halogens is 1. The number of aryl methyl sites for hydroxylation is 2. The van der Waals surface area contributed by atoms with Crippen LogP contribution in [0.5, 0.6) is 0 Å². The molecule has 0 bridgehead atoms. The summed E-state index contributed by atoms with van der Waals surface area (Å²) in [6.45, 7) is 0.317. The fraction of sp³-hybridized carbons (Fsp3) is 0.364. The van der Waals surface area contributed by atoms with Gasteiger partial charge in [-0.3, -0.25) is 19.1 Å². The summed E-state index contributed by atoms with van der Waals surface area (Å²) >= 11 is 2.89. The Kier molecular flexibility index (Phi) is 5.73. The molecule has 1 saturated heterocycles. The van der Waals surface area contributed by atoms with E-state index in [4.69, 9.17) is 4.98 Å². The van der Waals surface area contributed by atoms with Crippen LogP contribution < -0.4 is 10.9 Å². The van der Waals surface area contributed by atoms with Crippen molar-refractivity contribution in [2.24, 2.45) is 0 Å². The van der Waals surface area contributed by atoms with E-state index in [0.29, 0.717) is 27.5 Å². The van der Waals surface area contributed by atoms with Gasteiger partial charge in [0.25, 0.3) is 5.56 Å². The van der Waals surface area contributed by atoms with Crippen LogP contribution >= 0.6 is 23.1 Å². The highest BCUT2D eigenvalue weighted by Crippen LogP contribution is 2.35. The maximum Gasteiger partial charge on any atom is 0.324 e. The van der Waals surface area contributed by atoms with E-state index in [2.05, 4.69) is 5.32 Å². The molecular formula is C22H21FN4O3S2. The summed E-state index contributed by atoms with van der Waals surface area (Å²) in [5.41, 5.74) is 1.00. The van der Waals surface area contributed by atoms with E-state index in [1.165, 1.54) is 32.2 Å².